The van der Waals surface area contributed by atoms with Gasteiger partial charge in [-0.1, -0.05) is 6.07 Å². The summed E-state index contributed by atoms with van der Waals surface area (Å²) in [4.78, 5) is 7.18. The third-order valence-corrected chi connectivity index (χ3v) is 4.11. The molecule has 3 heterocycles. The lowest BCUT2D eigenvalue weighted by Gasteiger charge is -2.28. The van der Waals surface area contributed by atoms with Crippen LogP contribution in [-0.2, 0) is 6.42 Å². The van der Waals surface area contributed by atoms with Gasteiger partial charge in [0.2, 0.25) is 0 Å². The Hall–Kier alpha value is -1.68. The average Bonchev–Trinajstić information content (AvgIpc) is 2.89. The molecule has 3 rings (SSSR count). The number of aromatic amines is 1. The van der Waals surface area contributed by atoms with E-state index in [0.29, 0.717) is 0 Å². The second-order valence-corrected chi connectivity index (χ2v) is 5.90. The Morgan fingerprint density at radius 3 is 2.75 bits per heavy atom. The summed E-state index contributed by atoms with van der Waals surface area (Å²) in [5.41, 5.74) is 4.17. The minimum Gasteiger partial charge on any atom is -0.306 e. The molecule has 0 spiro atoms. The molecule has 20 heavy (non-hydrogen) atoms. The molecule has 1 aliphatic rings. The number of piperidine rings is 1. The second kappa shape index (κ2) is 5.75. The van der Waals surface area contributed by atoms with Crippen molar-refractivity contribution < 1.29 is 0 Å². The number of nitrogens with zero attached hydrogens (tertiary/aromatic N) is 3. The highest BCUT2D eigenvalue weighted by Gasteiger charge is 2.17. The fourth-order valence-corrected chi connectivity index (χ4v) is 2.85. The Morgan fingerprint density at radius 1 is 1.25 bits per heavy atom. The molecule has 106 valence electrons. The van der Waals surface area contributed by atoms with Gasteiger partial charge in [0.05, 0.1) is 5.69 Å². The Balaban J connectivity index is 1.71. The molecule has 0 bridgehead atoms. The minimum atomic E-state index is 0.773. The number of nitrogens with one attached hydrogen (secondary N) is 1. The predicted octanol–water partition coefficient (Wildman–Crippen LogP) is 2.66. The molecule has 0 saturated carbocycles. The van der Waals surface area contributed by atoms with Crippen LogP contribution in [0.15, 0.2) is 24.3 Å². The van der Waals surface area contributed by atoms with Crippen LogP contribution in [0, 0.1) is 12.8 Å². The van der Waals surface area contributed by atoms with Crippen LogP contribution in [0.4, 0.5) is 0 Å². The van der Waals surface area contributed by atoms with Crippen molar-refractivity contribution in [1.82, 2.24) is 20.1 Å². The topological polar surface area (TPSA) is 44.8 Å². The van der Waals surface area contributed by atoms with E-state index in [4.69, 9.17) is 4.98 Å². The van der Waals surface area contributed by atoms with Crippen LogP contribution in [0.2, 0.25) is 0 Å². The Labute approximate surface area is 120 Å². The Kier molecular flexibility index (Phi) is 3.83. The van der Waals surface area contributed by atoms with E-state index in [1.165, 1.54) is 31.6 Å². The second-order valence-electron chi connectivity index (χ2n) is 5.90. The molecule has 0 aromatic carbocycles. The number of pyridine rings is 1. The Morgan fingerprint density at radius 2 is 2.05 bits per heavy atom. The normalized spacial score (nSPS) is 17.5. The zero-order chi connectivity index (χ0) is 13.9. The summed E-state index contributed by atoms with van der Waals surface area (Å²) in [6, 6.07) is 8.31. The van der Waals surface area contributed by atoms with Crippen LogP contribution >= 0.6 is 0 Å². The molecule has 0 amide bonds. The first-order valence-corrected chi connectivity index (χ1v) is 7.37. The van der Waals surface area contributed by atoms with Crippen LogP contribution in [0.5, 0.6) is 0 Å². The lowest BCUT2D eigenvalue weighted by Crippen LogP contribution is -2.31. The molecule has 0 radical (unpaired) electrons. The summed E-state index contributed by atoms with van der Waals surface area (Å²) < 4.78 is 0. The van der Waals surface area contributed by atoms with Gasteiger partial charge < -0.3 is 4.90 Å². The van der Waals surface area contributed by atoms with E-state index < -0.39 is 0 Å². The fraction of sp³-hybridized carbons (Fsp3) is 0.500. The van der Waals surface area contributed by atoms with E-state index in [0.717, 1.165) is 29.4 Å². The molecule has 1 aliphatic heterocycles. The first kappa shape index (κ1) is 13.3. The van der Waals surface area contributed by atoms with Gasteiger partial charge in [-0.2, -0.15) is 5.10 Å². The molecular weight excluding hydrogens is 248 g/mol. The molecule has 1 saturated heterocycles. The van der Waals surface area contributed by atoms with Crippen molar-refractivity contribution in [2.45, 2.75) is 26.2 Å². The largest absolute Gasteiger partial charge is 0.306 e. The van der Waals surface area contributed by atoms with Crippen molar-refractivity contribution in [2.24, 2.45) is 5.92 Å². The number of rotatable bonds is 3. The maximum absolute atomic E-state index is 4.77. The summed E-state index contributed by atoms with van der Waals surface area (Å²) in [5, 5.41) is 7.27. The number of H-pyrrole nitrogens is 1. The Bertz CT molecular complexity index is 567. The highest BCUT2D eigenvalue weighted by Crippen LogP contribution is 2.22. The maximum atomic E-state index is 4.77. The molecule has 0 aliphatic carbocycles. The third kappa shape index (κ3) is 3.07. The van der Waals surface area contributed by atoms with Gasteiger partial charge in [0.1, 0.15) is 5.69 Å². The van der Waals surface area contributed by atoms with Crippen LogP contribution in [0.1, 0.15) is 24.2 Å². The standard InChI is InChI=1S/C16H22N4/c1-12-10-16(19-18-12)15-5-3-4-14(17-15)11-13-6-8-20(2)9-7-13/h3-5,10,13H,6-9,11H2,1-2H3,(H,18,19). The van der Waals surface area contributed by atoms with Crippen LogP contribution < -0.4 is 0 Å². The van der Waals surface area contributed by atoms with E-state index in [1.807, 2.05) is 19.1 Å². The van der Waals surface area contributed by atoms with E-state index >= 15 is 0 Å². The number of hydrogen-bond acceptors (Lipinski definition) is 3. The highest BCUT2D eigenvalue weighted by molar-refractivity contribution is 5.54. The molecule has 4 nitrogen and oxygen atoms in total. The summed E-state index contributed by atoms with van der Waals surface area (Å²) in [6.07, 6.45) is 3.65. The van der Waals surface area contributed by atoms with Gasteiger partial charge in [-0.3, -0.25) is 10.1 Å². The lowest BCUT2D eigenvalue weighted by atomic mass is 9.92. The van der Waals surface area contributed by atoms with E-state index in [9.17, 15) is 0 Å². The van der Waals surface area contributed by atoms with Crippen molar-refractivity contribution in [2.75, 3.05) is 20.1 Å². The van der Waals surface area contributed by atoms with Crippen LogP contribution in [0.25, 0.3) is 11.4 Å². The van der Waals surface area contributed by atoms with E-state index in [2.05, 4.69) is 34.3 Å². The lowest BCUT2D eigenvalue weighted by molar-refractivity contribution is 0.218. The van der Waals surface area contributed by atoms with Crippen molar-refractivity contribution in [3.63, 3.8) is 0 Å². The quantitative estimate of drug-likeness (QED) is 0.932. The molecule has 1 N–H and O–H groups in total. The molecule has 0 atom stereocenters. The summed E-state index contributed by atoms with van der Waals surface area (Å²) in [6.45, 7) is 4.44. The summed E-state index contributed by atoms with van der Waals surface area (Å²) >= 11 is 0. The van der Waals surface area contributed by atoms with Crippen molar-refractivity contribution in [1.29, 1.82) is 0 Å². The molecule has 2 aromatic rings. The van der Waals surface area contributed by atoms with Gasteiger partial charge in [0.15, 0.2) is 0 Å². The van der Waals surface area contributed by atoms with Gasteiger partial charge in [-0.15, -0.1) is 0 Å². The number of aromatic nitrogens is 3. The van der Waals surface area contributed by atoms with Crippen LogP contribution in [-0.4, -0.2) is 40.2 Å². The number of likely N-dealkylation sites (tertiary alicyclic amines) is 1. The minimum absolute atomic E-state index is 0.773. The maximum Gasteiger partial charge on any atom is 0.111 e. The van der Waals surface area contributed by atoms with Crippen LogP contribution in [0.3, 0.4) is 0 Å². The van der Waals surface area contributed by atoms with Gasteiger partial charge in [0, 0.05) is 11.4 Å². The molecular formula is C16H22N4. The average molecular weight is 270 g/mol. The zero-order valence-corrected chi connectivity index (χ0v) is 12.3. The van der Waals surface area contributed by atoms with E-state index in [-0.39, 0.29) is 0 Å². The number of aryl methyl sites for hydroxylation is 1. The SMILES string of the molecule is Cc1cc(-c2cccc(CC3CCN(C)CC3)n2)n[nH]1. The zero-order valence-electron chi connectivity index (χ0n) is 12.3. The van der Waals surface area contributed by atoms with E-state index in [1.54, 1.807) is 0 Å². The monoisotopic (exact) mass is 270 g/mol. The fourth-order valence-electron chi connectivity index (χ4n) is 2.85. The van der Waals surface area contributed by atoms with Crippen molar-refractivity contribution >= 4 is 0 Å². The first-order valence-electron chi connectivity index (χ1n) is 7.37. The smallest absolute Gasteiger partial charge is 0.111 e. The predicted molar refractivity (Wildman–Crippen MR) is 80.5 cm³/mol. The molecule has 0 unspecified atom stereocenters. The molecule has 2 aromatic heterocycles. The summed E-state index contributed by atoms with van der Waals surface area (Å²) in [5.74, 6) is 0.773. The number of hydrogen-bond donors (Lipinski definition) is 1. The van der Waals surface area contributed by atoms with Gasteiger partial charge in [-0.05, 0) is 70.4 Å². The van der Waals surface area contributed by atoms with Crippen molar-refractivity contribution in [3.8, 4) is 11.4 Å². The molecule has 1 fully saturated rings. The third-order valence-electron chi connectivity index (χ3n) is 4.11. The van der Waals surface area contributed by atoms with Gasteiger partial charge in [-0.25, -0.2) is 0 Å². The van der Waals surface area contributed by atoms with Gasteiger partial charge in [0.25, 0.3) is 0 Å². The highest BCUT2D eigenvalue weighted by atomic mass is 15.1. The molecule has 4 heteroatoms. The summed E-state index contributed by atoms with van der Waals surface area (Å²) in [7, 11) is 2.20. The first-order chi connectivity index (χ1) is 9.70. The van der Waals surface area contributed by atoms with Gasteiger partial charge >= 0.3 is 0 Å². The van der Waals surface area contributed by atoms with Crippen molar-refractivity contribution in [3.05, 3.63) is 35.7 Å².